The quantitative estimate of drug-likeness (QED) is 0.170. The molecule has 4 heterocycles. The van der Waals surface area contributed by atoms with Gasteiger partial charge in [-0.25, -0.2) is 0 Å². The highest BCUT2D eigenvalue weighted by Crippen LogP contribution is 2.47. The van der Waals surface area contributed by atoms with Gasteiger partial charge in [-0.1, -0.05) is 103 Å². The van der Waals surface area contributed by atoms with Crippen LogP contribution in [0.1, 0.15) is 0 Å². The van der Waals surface area contributed by atoms with Crippen molar-refractivity contribution < 1.29 is 0 Å². The van der Waals surface area contributed by atoms with Crippen molar-refractivity contribution in [2.24, 2.45) is 0 Å². The third kappa shape index (κ3) is 3.16. The van der Waals surface area contributed by atoms with Crippen molar-refractivity contribution in [3.8, 4) is 27.9 Å². The summed E-state index contributed by atoms with van der Waals surface area (Å²) in [5, 5.41) is 5.26. The van der Waals surface area contributed by atoms with Crippen LogP contribution in [0, 0.1) is 0 Å². The second-order valence-electron chi connectivity index (χ2n) is 12.5. The molecular formula is C42H25BN2S. The third-order valence-electron chi connectivity index (χ3n) is 10.2. The minimum absolute atomic E-state index is 0.0706. The molecule has 2 nitrogen and oxygen atoms in total. The van der Waals surface area contributed by atoms with Gasteiger partial charge in [-0.3, -0.25) is 0 Å². The van der Waals surface area contributed by atoms with Gasteiger partial charge in [-0.05, 0) is 70.6 Å². The average Bonchev–Trinajstić information content (AvgIpc) is 3.64. The maximum Gasteiger partial charge on any atom is 0.329 e. The molecule has 2 aliphatic rings. The lowest BCUT2D eigenvalue weighted by atomic mass is 9.43. The van der Waals surface area contributed by atoms with Gasteiger partial charge in [0.05, 0.1) is 11.0 Å². The summed E-state index contributed by atoms with van der Waals surface area (Å²) in [6.45, 7) is 0.0706. The van der Waals surface area contributed by atoms with Gasteiger partial charge in [0.2, 0.25) is 0 Å². The van der Waals surface area contributed by atoms with Crippen molar-refractivity contribution >= 4 is 82.5 Å². The second kappa shape index (κ2) is 9.00. The maximum atomic E-state index is 2.59. The molecule has 2 aliphatic heterocycles. The summed E-state index contributed by atoms with van der Waals surface area (Å²) in [5.41, 5.74) is 14.1. The van der Waals surface area contributed by atoms with Crippen LogP contribution in [0.15, 0.2) is 152 Å². The van der Waals surface area contributed by atoms with Crippen molar-refractivity contribution in [2.45, 2.75) is 0 Å². The zero-order valence-electron chi connectivity index (χ0n) is 24.8. The van der Waals surface area contributed by atoms with E-state index in [4.69, 9.17) is 0 Å². The summed E-state index contributed by atoms with van der Waals surface area (Å²) in [7, 11) is 0. The van der Waals surface area contributed by atoms with Crippen LogP contribution in [0.4, 0.5) is 11.4 Å². The Kier molecular flexibility index (Phi) is 4.83. The van der Waals surface area contributed by atoms with Gasteiger partial charge in [0.1, 0.15) is 0 Å². The first-order chi connectivity index (χ1) is 22.8. The standard InChI is InChI=1S/C42H25BN2S/c1-2-12-26(13-3-1)44-39-24-31-29-16-6-10-20-38(29)45-37-19-9-5-15-28(37)27-14-4-8-18-35(27)43(45)36(31)23-33(39)32-22-34-30-17-7-11-21-41(30)46-42(34)25-40(32)44/h1-25H. The Morgan fingerprint density at radius 2 is 1.04 bits per heavy atom. The first kappa shape index (κ1) is 24.7. The van der Waals surface area contributed by atoms with Crippen LogP contribution in [0.3, 0.4) is 0 Å². The van der Waals surface area contributed by atoms with E-state index in [2.05, 4.69) is 161 Å². The van der Waals surface area contributed by atoms with E-state index in [1.54, 1.807) is 0 Å². The Balaban J connectivity index is 1.30. The molecule has 2 aromatic heterocycles. The lowest BCUT2D eigenvalue weighted by Gasteiger charge is -2.43. The van der Waals surface area contributed by atoms with E-state index in [-0.39, 0.29) is 6.85 Å². The van der Waals surface area contributed by atoms with Crippen LogP contribution < -0.4 is 15.7 Å². The van der Waals surface area contributed by atoms with Crippen LogP contribution >= 0.6 is 11.3 Å². The molecule has 0 saturated carbocycles. The lowest BCUT2D eigenvalue weighted by molar-refractivity contribution is 1.18. The molecule has 11 rings (SSSR count). The van der Waals surface area contributed by atoms with Gasteiger partial charge >= 0.3 is 6.85 Å². The highest BCUT2D eigenvalue weighted by atomic mass is 32.1. The van der Waals surface area contributed by atoms with E-state index < -0.39 is 0 Å². The molecule has 0 aliphatic carbocycles. The van der Waals surface area contributed by atoms with Crippen molar-refractivity contribution in [2.75, 3.05) is 4.81 Å². The van der Waals surface area contributed by atoms with Crippen LogP contribution in [0.2, 0.25) is 0 Å². The SMILES string of the molecule is c1ccc(-n2c3cc4c(cc3c3cc5c(cc32)sc2ccccc25)B2c3ccccc3-c3ccccc3N2c2ccccc2-4)cc1. The Morgan fingerprint density at radius 3 is 1.87 bits per heavy atom. The second-order valence-corrected chi connectivity index (χ2v) is 13.6. The molecule has 0 bridgehead atoms. The average molecular weight is 601 g/mol. The predicted octanol–water partition coefficient (Wildman–Crippen LogP) is 10.1. The number of benzene rings is 7. The summed E-state index contributed by atoms with van der Waals surface area (Å²) < 4.78 is 5.14. The molecule has 0 radical (unpaired) electrons. The first-order valence-corrected chi connectivity index (χ1v) is 16.7. The van der Waals surface area contributed by atoms with E-state index in [1.165, 1.54) is 92.2 Å². The molecular weight excluding hydrogens is 575 g/mol. The number of hydrogen-bond donors (Lipinski definition) is 0. The Morgan fingerprint density at radius 1 is 0.413 bits per heavy atom. The number of anilines is 2. The molecule has 4 heteroatoms. The molecule has 7 aromatic carbocycles. The van der Waals surface area contributed by atoms with Crippen molar-refractivity contribution in [3.05, 3.63) is 152 Å². The molecule has 212 valence electrons. The number of hydrogen-bond acceptors (Lipinski definition) is 2. The lowest BCUT2D eigenvalue weighted by Crippen LogP contribution is -2.59. The van der Waals surface area contributed by atoms with E-state index in [0.717, 1.165) is 0 Å². The van der Waals surface area contributed by atoms with E-state index in [9.17, 15) is 0 Å². The highest BCUT2D eigenvalue weighted by molar-refractivity contribution is 7.25. The van der Waals surface area contributed by atoms with E-state index in [0.29, 0.717) is 0 Å². The van der Waals surface area contributed by atoms with Gasteiger partial charge in [0, 0.05) is 59.1 Å². The van der Waals surface area contributed by atoms with Crippen LogP contribution in [-0.4, -0.2) is 11.4 Å². The first-order valence-electron chi connectivity index (χ1n) is 15.9. The number of fused-ring (bicyclic) bond motifs is 17. The molecule has 9 aromatic rings. The smallest absolute Gasteiger partial charge is 0.329 e. The third-order valence-corrected chi connectivity index (χ3v) is 11.3. The number of thiophene rings is 1. The number of nitrogens with zero attached hydrogens (tertiary/aromatic N) is 2. The van der Waals surface area contributed by atoms with E-state index >= 15 is 0 Å². The van der Waals surface area contributed by atoms with Crippen LogP contribution in [0.5, 0.6) is 0 Å². The van der Waals surface area contributed by atoms with Crippen molar-refractivity contribution in [3.63, 3.8) is 0 Å². The molecule has 0 saturated heterocycles. The minimum Gasteiger partial charge on any atom is -0.376 e. The van der Waals surface area contributed by atoms with Crippen LogP contribution in [-0.2, 0) is 0 Å². The number of rotatable bonds is 1. The molecule has 0 spiro atoms. The van der Waals surface area contributed by atoms with Gasteiger partial charge in [-0.15, -0.1) is 11.3 Å². The van der Waals surface area contributed by atoms with Crippen LogP contribution in [0.25, 0.3) is 69.9 Å². The minimum atomic E-state index is 0.0706. The summed E-state index contributed by atoms with van der Waals surface area (Å²) >= 11 is 1.89. The Bertz CT molecular complexity index is 2720. The molecule has 0 atom stereocenters. The summed E-state index contributed by atoms with van der Waals surface area (Å²) in [6.07, 6.45) is 0. The monoisotopic (exact) mass is 600 g/mol. The molecule has 0 fully saturated rings. The van der Waals surface area contributed by atoms with Gasteiger partial charge in [-0.2, -0.15) is 0 Å². The van der Waals surface area contributed by atoms with Gasteiger partial charge in [0.15, 0.2) is 0 Å². The summed E-state index contributed by atoms with van der Waals surface area (Å²) in [4.78, 5) is 2.59. The summed E-state index contributed by atoms with van der Waals surface area (Å²) in [5.74, 6) is 0. The van der Waals surface area contributed by atoms with Crippen molar-refractivity contribution in [1.82, 2.24) is 4.57 Å². The van der Waals surface area contributed by atoms with Crippen molar-refractivity contribution in [1.29, 1.82) is 0 Å². The van der Waals surface area contributed by atoms with Gasteiger partial charge in [0.25, 0.3) is 0 Å². The van der Waals surface area contributed by atoms with E-state index in [1.807, 2.05) is 11.3 Å². The fraction of sp³-hybridized carbons (Fsp3) is 0. The highest BCUT2D eigenvalue weighted by Gasteiger charge is 2.42. The topological polar surface area (TPSA) is 8.17 Å². The van der Waals surface area contributed by atoms with Gasteiger partial charge < -0.3 is 9.38 Å². The Hall–Kier alpha value is -5.58. The molecule has 46 heavy (non-hydrogen) atoms. The normalized spacial score (nSPS) is 13.1. The zero-order chi connectivity index (χ0) is 29.9. The predicted molar refractivity (Wildman–Crippen MR) is 198 cm³/mol. The largest absolute Gasteiger partial charge is 0.376 e. The fourth-order valence-corrected chi connectivity index (χ4v) is 9.39. The number of aromatic nitrogens is 1. The molecule has 0 unspecified atom stereocenters. The molecule has 0 amide bonds. The number of para-hydroxylation sites is 3. The molecule has 0 N–H and O–H groups in total. The Labute approximate surface area is 270 Å². The maximum absolute atomic E-state index is 2.59. The zero-order valence-corrected chi connectivity index (χ0v) is 25.6. The fourth-order valence-electron chi connectivity index (χ4n) is 8.27. The summed E-state index contributed by atoms with van der Waals surface area (Å²) in [6, 6.07) is 56.4.